The topological polar surface area (TPSA) is 22.8 Å². The summed E-state index contributed by atoms with van der Waals surface area (Å²) in [6, 6.07) is 50.5. The smallest absolute Gasteiger partial charge is 0.504 e. The Balaban J connectivity index is 0.00000392. The molecule has 0 saturated heterocycles. The fourth-order valence-electron chi connectivity index (χ4n) is 7.23. The summed E-state index contributed by atoms with van der Waals surface area (Å²) in [6.45, 7) is 11.2. The van der Waals surface area contributed by atoms with Crippen molar-refractivity contribution in [1.29, 1.82) is 0 Å². The van der Waals surface area contributed by atoms with Gasteiger partial charge in [0.05, 0.1) is 6.20 Å². The number of pyridine rings is 1. The Hall–Kier alpha value is -4.80. The average molecular weight is 833 g/mol. The van der Waals surface area contributed by atoms with E-state index in [0.29, 0.717) is 23.3 Å². The van der Waals surface area contributed by atoms with Crippen LogP contribution < -0.4 is 29.3 Å². The molecule has 6 aromatic rings. The second-order valence-corrected chi connectivity index (χ2v) is 13.3. The first-order valence-electron chi connectivity index (χ1n) is 17.0. The molecule has 0 aliphatic carbocycles. The number of benzene rings is 5. The van der Waals surface area contributed by atoms with E-state index in [1.807, 2.05) is 30.3 Å². The van der Waals surface area contributed by atoms with Crippen molar-refractivity contribution in [3.63, 3.8) is 0 Å². The molecule has 50 heavy (non-hydrogen) atoms. The van der Waals surface area contributed by atoms with Gasteiger partial charge in [0.2, 0.25) is 0 Å². The van der Waals surface area contributed by atoms with Crippen molar-refractivity contribution >= 4 is 40.9 Å². The quantitative estimate of drug-likeness (QED) is 0.118. The van der Waals surface area contributed by atoms with Crippen molar-refractivity contribution in [2.24, 2.45) is 0 Å². The van der Waals surface area contributed by atoms with E-state index in [2.05, 4.69) is 170 Å². The molecule has 0 unspecified atom stereocenters. The van der Waals surface area contributed by atoms with Gasteiger partial charge in [-0.2, -0.15) is 29.8 Å². The summed E-state index contributed by atoms with van der Waals surface area (Å²) in [5.41, 5.74) is 11.3. The van der Waals surface area contributed by atoms with Crippen LogP contribution in [0.15, 0.2) is 121 Å². The van der Waals surface area contributed by atoms with Crippen LogP contribution in [0.5, 0.6) is 11.5 Å². The van der Waals surface area contributed by atoms with Gasteiger partial charge in [0.15, 0.2) is 0 Å². The molecule has 0 saturated carbocycles. The number of rotatable bonds is 7. The molecule has 8 rings (SSSR count). The van der Waals surface area contributed by atoms with Crippen LogP contribution in [0.4, 0.5) is 28.4 Å². The third-order valence-corrected chi connectivity index (χ3v) is 9.54. The zero-order chi connectivity index (χ0) is 33.6. The van der Waals surface area contributed by atoms with Gasteiger partial charge in [0.1, 0.15) is 0 Å². The van der Waals surface area contributed by atoms with Crippen LogP contribution in [0.3, 0.4) is 0 Å². The third-order valence-electron chi connectivity index (χ3n) is 9.54. The number of ether oxygens (including phenoxy) is 1. The van der Waals surface area contributed by atoms with Gasteiger partial charge in [-0.1, -0.05) is 82.3 Å². The van der Waals surface area contributed by atoms with E-state index in [4.69, 9.17) is 4.74 Å². The molecular formula is C43H38BN4OPt+. The second kappa shape index (κ2) is 13.8. The molecule has 5 nitrogen and oxygen atoms in total. The molecule has 1 aromatic heterocycles. The van der Waals surface area contributed by atoms with Gasteiger partial charge in [-0.15, -0.1) is 48.4 Å². The molecular weight excluding hydrogens is 794 g/mol. The number of nitrogens with zero attached hydrogens (tertiary/aromatic N) is 4. The normalized spacial score (nSPS) is 13.3. The van der Waals surface area contributed by atoms with Gasteiger partial charge < -0.3 is 23.8 Å². The standard InChI is InChI=1S/C43H38BN4O.Pt/c1-30(2)36-19-14-20-37(31(3)4)43(36)44-45(5)39-25-24-35(28-38(39)40-21-11-12-26-48(40)44)49-34-18-13-17-33(27-34)47-29-46(32-15-7-6-8-16-32)41-22-9-10-23-42(41)47;/h6-20,22-26,29-31H,1-5H3;/q-3;+4. The van der Waals surface area contributed by atoms with Gasteiger partial charge in [-0.05, 0) is 60.0 Å². The molecule has 5 aromatic carbocycles. The number of anilines is 5. The maximum Gasteiger partial charge on any atom is 4.00 e. The Kier molecular flexibility index (Phi) is 9.33. The molecule has 248 valence electrons. The van der Waals surface area contributed by atoms with Crippen molar-refractivity contribution in [1.82, 2.24) is 0 Å². The molecule has 0 N–H and O–H groups in total. The summed E-state index contributed by atoms with van der Waals surface area (Å²) >= 11 is 0. The maximum absolute atomic E-state index is 6.50. The van der Waals surface area contributed by atoms with E-state index in [1.54, 1.807) is 0 Å². The van der Waals surface area contributed by atoms with Crippen molar-refractivity contribution < 1.29 is 30.3 Å². The molecule has 0 amide bonds. The maximum atomic E-state index is 6.50. The largest absolute Gasteiger partial charge is 4.00 e. The van der Waals surface area contributed by atoms with Crippen molar-refractivity contribution in [2.75, 3.05) is 21.7 Å². The summed E-state index contributed by atoms with van der Waals surface area (Å²) in [5.74, 6) is 2.03. The van der Waals surface area contributed by atoms with Crippen LogP contribution in [-0.2, 0) is 21.1 Å². The third kappa shape index (κ3) is 5.90. The Morgan fingerprint density at radius 2 is 1.34 bits per heavy atom. The summed E-state index contributed by atoms with van der Waals surface area (Å²) in [5, 5.41) is 0. The SMILES string of the molecule is CC(C)c1cccc(C(C)C)c1B1N(C)c2ccc(Oc3[c-]c(N4[CH-]N(c5ccccc5)c5ccccc54)ccc3)[c-]c2-c2[c-]ccc[n+]21.[Pt+4]. The molecule has 2 aliphatic heterocycles. The van der Waals surface area contributed by atoms with Gasteiger partial charge in [0, 0.05) is 34.0 Å². The zero-order valence-electron chi connectivity index (χ0n) is 28.9. The molecule has 0 fully saturated rings. The molecule has 7 heteroatoms. The molecule has 0 radical (unpaired) electrons. The van der Waals surface area contributed by atoms with Crippen molar-refractivity contribution in [3.8, 4) is 22.8 Å². The van der Waals surface area contributed by atoms with Gasteiger partial charge in [0.25, 0.3) is 0 Å². The molecule has 0 atom stereocenters. The molecule has 2 aliphatic rings. The van der Waals surface area contributed by atoms with E-state index in [-0.39, 0.29) is 28.0 Å². The second-order valence-electron chi connectivity index (χ2n) is 13.3. The van der Waals surface area contributed by atoms with Gasteiger partial charge in [-0.3, -0.25) is 0 Å². The molecule has 0 spiro atoms. The number of fused-ring (bicyclic) bond motifs is 4. The first-order valence-corrected chi connectivity index (χ1v) is 17.0. The van der Waals surface area contributed by atoms with Crippen molar-refractivity contribution in [2.45, 2.75) is 39.5 Å². The summed E-state index contributed by atoms with van der Waals surface area (Å²) in [4.78, 5) is 6.73. The van der Waals surface area contributed by atoms with E-state index >= 15 is 0 Å². The molecule has 3 heterocycles. The van der Waals surface area contributed by atoms with Gasteiger partial charge >= 0.3 is 28.0 Å². The Morgan fingerprint density at radius 1 is 0.680 bits per heavy atom. The minimum Gasteiger partial charge on any atom is -0.504 e. The van der Waals surface area contributed by atoms with Crippen LogP contribution in [0.1, 0.15) is 50.7 Å². The van der Waals surface area contributed by atoms with E-state index in [0.717, 1.165) is 39.7 Å². The predicted molar refractivity (Wildman–Crippen MR) is 200 cm³/mol. The number of hydrogen-bond donors (Lipinski definition) is 0. The van der Waals surface area contributed by atoms with Crippen LogP contribution >= 0.6 is 0 Å². The van der Waals surface area contributed by atoms with E-state index in [9.17, 15) is 0 Å². The zero-order valence-corrected chi connectivity index (χ0v) is 31.1. The number of para-hydroxylation sites is 3. The van der Waals surface area contributed by atoms with Crippen LogP contribution in [-0.4, -0.2) is 14.0 Å². The fraction of sp³-hybridized carbons (Fsp3) is 0.163. The number of hydrogen-bond acceptors (Lipinski definition) is 4. The van der Waals surface area contributed by atoms with Gasteiger partial charge in [-0.25, -0.2) is 0 Å². The van der Waals surface area contributed by atoms with E-state index in [1.165, 1.54) is 16.6 Å². The Morgan fingerprint density at radius 3 is 2.06 bits per heavy atom. The Labute approximate surface area is 311 Å². The van der Waals surface area contributed by atoms with Crippen LogP contribution in [0, 0.1) is 24.9 Å². The van der Waals surface area contributed by atoms with E-state index < -0.39 is 0 Å². The minimum atomic E-state index is -0.0174. The predicted octanol–water partition coefficient (Wildman–Crippen LogP) is 9.18. The first kappa shape index (κ1) is 33.7. The summed E-state index contributed by atoms with van der Waals surface area (Å²) < 4.78 is 8.84. The Bertz CT molecular complexity index is 2130. The fourth-order valence-corrected chi connectivity index (χ4v) is 7.23. The van der Waals surface area contributed by atoms with Crippen LogP contribution in [0.25, 0.3) is 11.3 Å². The summed E-state index contributed by atoms with van der Waals surface area (Å²) in [7, 11) is 2.18. The average Bonchev–Trinajstić information content (AvgIpc) is 3.52. The van der Waals surface area contributed by atoms with Crippen molar-refractivity contribution in [3.05, 3.63) is 157 Å². The monoisotopic (exact) mass is 832 g/mol. The first-order chi connectivity index (χ1) is 23.9. The molecule has 0 bridgehead atoms. The minimum absolute atomic E-state index is 0. The van der Waals surface area contributed by atoms with Crippen LogP contribution in [0.2, 0.25) is 0 Å². The summed E-state index contributed by atoms with van der Waals surface area (Å²) in [6.07, 6.45) is 2.17. The number of aromatic nitrogens is 1.